The van der Waals surface area contributed by atoms with E-state index in [0.29, 0.717) is 24.8 Å². The highest BCUT2D eigenvalue weighted by Gasteiger charge is 2.26. The molecule has 2 heterocycles. The number of amides is 1. The van der Waals surface area contributed by atoms with Crippen molar-refractivity contribution in [3.8, 4) is 5.75 Å². The molecule has 1 aliphatic rings. The lowest BCUT2D eigenvalue weighted by atomic mass is 10.2. The van der Waals surface area contributed by atoms with Crippen LogP contribution in [0.4, 0.5) is 5.95 Å². The summed E-state index contributed by atoms with van der Waals surface area (Å²) in [7, 11) is 0. The fourth-order valence-corrected chi connectivity index (χ4v) is 2.87. The van der Waals surface area contributed by atoms with E-state index in [1.165, 1.54) is 0 Å². The van der Waals surface area contributed by atoms with Gasteiger partial charge in [-0.15, -0.1) is 0 Å². The average molecular weight is 391 g/mol. The summed E-state index contributed by atoms with van der Waals surface area (Å²) >= 11 is 3.38. The summed E-state index contributed by atoms with van der Waals surface area (Å²) < 4.78 is 6.73. The molecule has 1 amide bonds. The normalized spacial score (nSPS) is 15.9. The van der Waals surface area contributed by atoms with E-state index in [9.17, 15) is 4.79 Å². The van der Waals surface area contributed by atoms with Gasteiger partial charge < -0.3 is 14.5 Å². The van der Waals surface area contributed by atoms with Crippen molar-refractivity contribution in [1.29, 1.82) is 0 Å². The monoisotopic (exact) mass is 390 g/mol. The minimum Gasteiger partial charge on any atom is -0.481 e. The molecule has 1 saturated heterocycles. The van der Waals surface area contributed by atoms with Gasteiger partial charge in [-0.25, -0.2) is 9.97 Å². The summed E-state index contributed by atoms with van der Waals surface area (Å²) in [4.78, 5) is 25.0. The number of hydrogen-bond acceptors (Lipinski definition) is 5. The van der Waals surface area contributed by atoms with Gasteiger partial charge in [-0.2, -0.15) is 0 Å². The molecule has 0 saturated carbocycles. The van der Waals surface area contributed by atoms with Crippen LogP contribution in [0.15, 0.2) is 47.2 Å². The maximum atomic E-state index is 12.6. The van der Waals surface area contributed by atoms with Crippen molar-refractivity contribution < 1.29 is 9.53 Å². The molecule has 7 heteroatoms. The molecule has 0 unspecified atom stereocenters. The fraction of sp³-hybridized carbons (Fsp3) is 0.353. The van der Waals surface area contributed by atoms with Crippen LogP contribution in [0.3, 0.4) is 0 Å². The Bertz CT molecular complexity index is 673. The van der Waals surface area contributed by atoms with E-state index in [-0.39, 0.29) is 5.91 Å². The molecule has 0 spiro atoms. The first-order valence-electron chi connectivity index (χ1n) is 7.86. The van der Waals surface area contributed by atoms with Crippen molar-refractivity contribution in [3.05, 3.63) is 47.2 Å². The summed E-state index contributed by atoms with van der Waals surface area (Å²) in [5.41, 5.74) is 0. The standard InChI is InChI=1S/C17H19BrN4O2/c1-13(24-15-5-3-14(18)4-6-15)16(23)21-9-11-22(12-10-21)17-19-7-2-8-20-17/h2-8,13H,9-12H2,1H3/t13-/m1/s1. The third kappa shape index (κ3) is 4.03. The van der Waals surface area contributed by atoms with Crippen LogP contribution >= 0.6 is 15.9 Å². The van der Waals surface area contributed by atoms with Crippen LogP contribution in [0.2, 0.25) is 0 Å². The number of benzene rings is 1. The lowest BCUT2D eigenvalue weighted by Gasteiger charge is -2.35. The Hall–Kier alpha value is -2.15. The largest absolute Gasteiger partial charge is 0.481 e. The molecule has 0 N–H and O–H groups in total. The number of piperazine rings is 1. The SMILES string of the molecule is C[C@@H](Oc1ccc(Br)cc1)C(=O)N1CCN(c2ncccn2)CC1. The van der Waals surface area contributed by atoms with Crippen LogP contribution in [-0.4, -0.2) is 53.1 Å². The van der Waals surface area contributed by atoms with Crippen molar-refractivity contribution in [1.82, 2.24) is 14.9 Å². The van der Waals surface area contributed by atoms with Gasteiger partial charge >= 0.3 is 0 Å². The Morgan fingerprint density at radius 1 is 1.12 bits per heavy atom. The predicted molar refractivity (Wildman–Crippen MR) is 95.1 cm³/mol. The first-order valence-corrected chi connectivity index (χ1v) is 8.66. The Morgan fingerprint density at radius 3 is 2.38 bits per heavy atom. The molecular weight excluding hydrogens is 372 g/mol. The van der Waals surface area contributed by atoms with Crippen LogP contribution in [0.1, 0.15) is 6.92 Å². The number of ether oxygens (including phenoxy) is 1. The minimum absolute atomic E-state index is 0.00606. The Morgan fingerprint density at radius 2 is 1.75 bits per heavy atom. The van der Waals surface area contributed by atoms with Crippen LogP contribution in [0.5, 0.6) is 5.75 Å². The van der Waals surface area contributed by atoms with Crippen LogP contribution in [0.25, 0.3) is 0 Å². The van der Waals surface area contributed by atoms with Crippen LogP contribution < -0.4 is 9.64 Å². The maximum Gasteiger partial charge on any atom is 0.263 e. The molecule has 1 fully saturated rings. The summed E-state index contributed by atoms with van der Waals surface area (Å²) in [6.07, 6.45) is 2.95. The highest BCUT2D eigenvalue weighted by molar-refractivity contribution is 9.10. The molecule has 1 aromatic carbocycles. The van der Waals surface area contributed by atoms with Gasteiger partial charge in [0.2, 0.25) is 5.95 Å². The summed E-state index contributed by atoms with van der Waals surface area (Å²) in [6, 6.07) is 9.28. The van der Waals surface area contributed by atoms with Gasteiger partial charge in [-0.3, -0.25) is 4.79 Å². The maximum absolute atomic E-state index is 12.6. The van der Waals surface area contributed by atoms with Gasteiger partial charge in [0.15, 0.2) is 6.10 Å². The Kier molecular flexibility index (Phi) is 5.30. The Balaban J connectivity index is 1.53. The van der Waals surface area contributed by atoms with E-state index in [0.717, 1.165) is 17.6 Å². The predicted octanol–water partition coefficient (Wildman–Crippen LogP) is 2.36. The highest BCUT2D eigenvalue weighted by Crippen LogP contribution is 2.18. The molecule has 0 radical (unpaired) electrons. The van der Waals surface area contributed by atoms with E-state index >= 15 is 0 Å². The van der Waals surface area contributed by atoms with E-state index in [1.54, 1.807) is 25.4 Å². The topological polar surface area (TPSA) is 58.6 Å². The third-order valence-electron chi connectivity index (χ3n) is 3.90. The fourth-order valence-electron chi connectivity index (χ4n) is 2.61. The van der Waals surface area contributed by atoms with Crippen LogP contribution in [0, 0.1) is 0 Å². The second kappa shape index (κ2) is 7.61. The van der Waals surface area contributed by atoms with E-state index < -0.39 is 6.10 Å². The second-order valence-corrected chi connectivity index (χ2v) is 6.49. The van der Waals surface area contributed by atoms with Crippen molar-refractivity contribution >= 4 is 27.8 Å². The molecule has 1 aromatic heterocycles. The molecule has 24 heavy (non-hydrogen) atoms. The Labute approximate surface area is 149 Å². The number of hydrogen-bond donors (Lipinski definition) is 0. The van der Waals surface area contributed by atoms with Gasteiger partial charge in [0.05, 0.1) is 0 Å². The van der Waals surface area contributed by atoms with Crippen molar-refractivity contribution in [2.75, 3.05) is 31.1 Å². The number of anilines is 1. The highest BCUT2D eigenvalue weighted by atomic mass is 79.9. The second-order valence-electron chi connectivity index (χ2n) is 5.58. The molecule has 126 valence electrons. The minimum atomic E-state index is -0.509. The zero-order chi connectivity index (χ0) is 16.9. The number of halogens is 1. The smallest absolute Gasteiger partial charge is 0.263 e. The molecule has 1 atom stereocenters. The van der Waals surface area contributed by atoms with Gasteiger partial charge in [-0.05, 0) is 37.3 Å². The molecule has 0 aliphatic carbocycles. The number of rotatable bonds is 4. The number of carbonyl (C=O) groups is 1. The number of aromatic nitrogens is 2. The quantitative estimate of drug-likeness (QED) is 0.801. The lowest BCUT2D eigenvalue weighted by Crippen LogP contribution is -2.52. The first kappa shape index (κ1) is 16.7. The summed E-state index contributed by atoms with van der Waals surface area (Å²) in [5.74, 6) is 1.41. The molecule has 1 aliphatic heterocycles. The van der Waals surface area contributed by atoms with Gasteiger partial charge in [-0.1, -0.05) is 15.9 Å². The molecule has 2 aromatic rings. The molecule has 3 rings (SSSR count). The number of nitrogens with zero attached hydrogens (tertiary/aromatic N) is 4. The van der Waals surface area contributed by atoms with E-state index in [1.807, 2.05) is 29.2 Å². The zero-order valence-corrected chi connectivity index (χ0v) is 15.0. The zero-order valence-electron chi connectivity index (χ0n) is 13.4. The van der Waals surface area contributed by atoms with Crippen molar-refractivity contribution in [2.45, 2.75) is 13.0 Å². The van der Waals surface area contributed by atoms with E-state index in [4.69, 9.17) is 4.74 Å². The van der Waals surface area contributed by atoms with Crippen LogP contribution in [-0.2, 0) is 4.79 Å². The third-order valence-corrected chi connectivity index (χ3v) is 4.43. The lowest BCUT2D eigenvalue weighted by molar-refractivity contribution is -0.138. The van der Waals surface area contributed by atoms with Gasteiger partial charge in [0.25, 0.3) is 5.91 Å². The van der Waals surface area contributed by atoms with Crippen molar-refractivity contribution in [2.24, 2.45) is 0 Å². The molecule has 6 nitrogen and oxygen atoms in total. The molecular formula is C17H19BrN4O2. The first-order chi connectivity index (χ1) is 11.6. The van der Waals surface area contributed by atoms with Gasteiger partial charge in [0, 0.05) is 43.0 Å². The number of carbonyl (C=O) groups excluding carboxylic acids is 1. The van der Waals surface area contributed by atoms with Crippen molar-refractivity contribution in [3.63, 3.8) is 0 Å². The molecule has 0 bridgehead atoms. The summed E-state index contributed by atoms with van der Waals surface area (Å²) in [5, 5.41) is 0. The summed E-state index contributed by atoms with van der Waals surface area (Å²) in [6.45, 7) is 4.52. The van der Waals surface area contributed by atoms with E-state index in [2.05, 4.69) is 30.8 Å². The average Bonchev–Trinajstić information content (AvgIpc) is 2.64. The van der Waals surface area contributed by atoms with Gasteiger partial charge in [0.1, 0.15) is 5.75 Å².